The number of likely N-dealkylation sites (tertiary alicyclic amines) is 1. The standard InChI is InChI=1S/C14H26N2S/c1-12(13(15)17)11-16-9-7-14(8-10-16)5-3-2-4-6-14/h12H,2-11H2,1H3,(H2,15,17). The largest absolute Gasteiger partial charge is 0.393 e. The molecule has 1 saturated carbocycles. The first-order chi connectivity index (χ1) is 8.11. The van der Waals surface area contributed by atoms with Crippen LogP contribution in [0.4, 0.5) is 0 Å². The average molecular weight is 254 g/mol. The van der Waals surface area contributed by atoms with Gasteiger partial charge < -0.3 is 10.6 Å². The van der Waals surface area contributed by atoms with Crippen LogP contribution in [0, 0.1) is 11.3 Å². The Morgan fingerprint density at radius 2 is 1.76 bits per heavy atom. The molecule has 1 spiro atoms. The second-order valence-electron chi connectivity index (χ2n) is 6.16. The minimum atomic E-state index is 0.366. The van der Waals surface area contributed by atoms with Gasteiger partial charge in [-0.15, -0.1) is 0 Å². The van der Waals surface area contributed by atoms with Gasteiger partial charge in [0, 0.05) is 12.5 Å². The van der Waals surface area contributed by atoms with Gasteiger partial charge in [0.15, 0.2) is 0 Å². The van der Waals surface area contributed by atoms with E-state index in [1.807, 2.05) is 0 Å². The third-order valence-electron chi connectivity index (χ3n) is 4.85. The van der Waals surface area contributed by atoms with Crippen LogP contribution in [0.1, 0.15) is 51.9 Å². The molecule has 2 N–H and O–H groups in total. The van der Waals surface area contributed by atoms with E-state index in [1.165, 1.54) is 58.0 Å². The third kappa shape index (κ3) is 3.41. The lowest BCUT2D eigenvalue weighted by Gasteiger charge is -2.44. The van der Waals surface area contributed by atoms with Gasteiger partial charge in [-0.05, 0) is 44.2 Å². The molecule has 2 fully saturated rings. The van der Waals surface area contributed by atoms with Gasteiger partial charge in [-0.2, -0.15) is 0 Å². The summed E-state index contributed by atoms with van der Waals surface area (Å²) in [5.74, 6) is 0.366. The Kier molecular flexibility index (Phi) is 4.42. The van der Waals surface area contributed by atoms with Gasteiger partial charge in [-0.25, -0.2) is 0 Å². The van der Waals surface area contributed by atoms with Crippen molar-refractivity contribution in [3.8, 4) is 0 Å². The van der Waals surface area contributed by atoms with E-state index in [1.54, 1.807) is 0 Å². The van der Waals surface area contributed by atoms with E-state index in [0.29, 0.717) is 16.3 Å². The zero-order valence-electron chi connectivity index (χ0n) is 11.1. The van der Waals surface area contributed by atoms with E-state index in [2.05, 4.69) is 11.8 Å². The quantitative estimate of drug-likeness (QED) is 0.785. The van der Waals surface area contributed by atoms with E-state index in [-0.39, 0.29) is 0 Å². The molecular weight excluding hydrogens is 228 g/mol. The second kappa shape index (κ2) is 5.66. The molecule has 0 amide bonds. The van der Waals surface area contributed by atoms with Gasteiger partial charge in [0.2, 0.25) is 0 Å². The molecule has 2 rings (SSSR count). The number of hydrogen-bond donors (Lipinski definition) is 1. The summed E-state index contributed by atoms with van der Waals surface area (Å²) >= 11 is 5.06. The van der Waals surface area contributed by atoms with Crippen LogP contribution in [0.5, 0.6) is 0 Å². The van der Waals surface area contributed by atoms with Gasteiger partial charge >= 0.3 is 0 Å². The molecule has 0 aromatic heterocycles. The summed E-state index contributed by atoms with van der Waals surface area (Å²) in [6.07, 6.45) is 10.1. The Labute approximate surface area is 111 Å². The van der Waals surface area contributed by atoms with Crippen LogP contribution in [-0.4, -0.2) is 29.5 Å². The molecule has 2 nitrogen and oxygen atoms in total. The molecule has 17 heavy (non-hydrogen) atoms. The summed E-state index contributed by atoms with van der Waals surface area (Å²) in [5, 5.41) is 0. The van der Waals surface area contributed by atoms with Crippen LogP contribution >= 0.6 is 12.2 Å². The van der Waals surface area contributed by atoms with Gasteiger partial charge in [-0.3, -0.25) is 0 Å². The van der Waals surface area contributed by atoms with Crippen molar-refractivity contribution in [3.05, 3.63) is 0 Å². The molecule has 1 heterocycles. The van der Waals surface area contributed by atoms with Crippen LogP contribution in [0.2, 0.25) is 0 Å². The van der Waals surface area contributed by atoms with E-state index >= 15 is 0 Å². The minimum Gasteiger partial charge on any atom is -0.393 e. The molecule has 3 heteroatoms. The van der Waals surface area contributed by atoms with Crippen molar-refractivity contribution in [2.45, 2.75) is 51.9 Å². The maximum absolute atomic E-state index is 5.69. The van der Waals surface area contributed by atoms with Crippen LogP contribution in [0.15, 0.2) is 0 Å². The van der Waals surface area contributed by atoms with Gasteiger partial charge in [0.25, 0.3) is 0 Å². The highest BCUT2D eigenvalue weighted by atomic mass is 32.1. The van der Waals surface area contributed by atoms with Crippen LogP contribution in [-0.2, 0) is 0 Å². The summed E-state index contributed by atoms with van der Waals surface area (Å²) < 4.78 is 0. The first kappa shape index (κ1) is 13.3. The molecule has 2 aliphatic rings. The molecular formula is C14H26N2S. The summed E-state index contributed by atoms with van der Waals surface area (Å²) in [5.41, 5.74) is 6.40. The third-order valence-corrected chi connectivity index (χ3v) is 5.25. The second-order valence-corrected chi connectivity index (χ2v) is 6.64. The summed E-state index contributed by atoms with van der Waals surface area (Å²) in [6.45, 7) is 5.72. The Bertz CT molecular complexity index is 261. The zero-order valence-corrected chi connectivity index (χ0v) is 11.9. The molecule has 98 valence electrons. The lowest BCUT2D eigenvalue weighted by Crippen LogP contribution is -2.44. The normalized spacial score (nSPS) is 26.9. The van der Waals surface area contributed by atoms with Gasteiger partial charge in [0.05, 0.1) is 4.99 Å². The summed E-state index contributed by atoms with van der Waals surface area (Å²) in [4.78, 5) is 3.23. The lowest BCUT2D eigenvalue weighted by molar-refractivity contribution is 0.0649. The number of hydrogen-bond acceptors (Lipinski definition) is 2. The first-order valence-corrected chi connectivity index (χ1v) is 7.54. The van der Waals surface area contributed by atoms with Crippen molar-refractivity contribution in [2.24, 2.45) is 17.1 Å². The fourth-order valence-electron chi connectivity index (χ4n) is 3.49. The van der Waals surface area contributed by atoms with Crippen molar-refractivity contribution in [1.82, 2.24) is 4.90 Å². The number of nitrogens with zero attached hydrogens (tertiary/aromatic N) is 1. The number of thiocarbonyl (C=S) groups is 1. The van der Waals surface area contributed by atoms with Crippen molar-refractivity contribution in [2.75, 3.05) is 19.6 Å². The van der Waals surface area contributed by atoms with Crippen molar-refractivity contribution in [3.63, 3.8) is 0 Å². The fourth-order valence-corrected chi connectivity index (χ4v) is 3.56. The predicted molar refractivity (Wildman–Crippen MR) is 77.1 cm³/mol. The lowest BCUT2D eigenvalue weighted by atomic mass is 9.68. The molecule has 1 unspecified atom stereocenters. The molecule has 1 saturated heterocycles. The Balaban J connectivity index is 1.79. The van der Waals surface area contributed by atoms with Gasteiger partial charge in [0.1, 0.15) is 0 Å². The summed E-state index contributed by atoms with van der Waals surface area (Å²) in [6, 6.07) is 0. The Morgan fingerprint density at radius 3 is 2.29 bits per heavy atom. The molecule has 0 radical (unpaired) electrons. The van der Waals surface area contributed by atoms with E-state index in [9.17, 15) is 0 Å². The molecule has 0 aromatic carbocycles. The summed E-state index contributed by atoms with van der Waals surface area (Å²) in [7, 11) is 0. The highest BCUT2D eigenvalue weighted by Crippen LogP contribution is 2.44. The van der Waals surface area contributed by atoms with E-state index in [0.717, 1.165) is 6.54 Å². The zero-order chi connectivity index (χ0) is 12.3. The van der Waals surface area contributed by atoms with Crippen LogP contribution < -0.4 is 5.73 Å². The smallest absolute Gasteiger partial charge is 0.0768 e. The molecule has 0 bridgehead atoms. The van der Waals surface area contributed by atoms with E-state index in [4.69, 9.17) is 18.0 Å². The fraction of sp³-hybridized carbons (Fsp3) is 0.929. The SMILES string of the molecule is CC(CN1CCC2(CCCCC2)CC1)C(N)=S. The minimum absolute atomic E-state index is 0.366. The molecule has 1 atom stereocenters. The van der Waals surface area contributed by atoms with Crippen molar-refractivity contribution in [1.29, 1.82) is 0 Å². The first-order valence-electron chi connectivity index (χ1n) is 7.13. The number of piperidine rings is 1. The Hall–Kier alpha value is -0.150. The average Bonchev–Trinajstić information content (AvgIpc) is 2.33. The topological polar surface area (TPSA) is 29.3 Å². The maximum atomic E-state index is 5.69. The predicted octanol–water partition coefficient (Wildman–Crippen LogP) is 2.95. The van der Waals surface area contributed by atoms with Crippen LogP contribution in [0.25, 0.3) is 0 Å². The highest BCUT2D eigenvalue weighted by molar-refractivity contribution is 7.80. The molecule has 0 aromatic rings. The van der Waals surface area contributed by atoms with Crippen molar-refractivity contribution >= 4 is 17.2 Å². The van der Waals surface area contributed by atoms with Gasteiger partial charge in [-0.1, -0.05) is 38.4 Å². The molecule has 1 aliphatic heterocycles. The molecule has 1 aliphatic carbocycles. The maximum Gasteiger partial charge on any atom is 0.0768 e. The van der Waals surface area contributed by atoms with E-state index < -0.39 is 0 Å². The highest BCUT2D eigenvalue weighted by Gasteiger charge is 2.35. The Morgan fingerprint density at radius 1 is 1.18 bits per heavy atom. The number of nitrogens with two attached hydrogens (primary N) is 1. The van der Waals surface area contributed by atoms with Crippen LogP contribution in [0.3, 0.4) is 0 Å². The number of rotatable bonds is 3. The van der Waals surface area contributed by atoms with Crippen molar-refractivity contribution < 1.29 is 0 Å². The monoisotopic (exact) mass is 254 g/mol.